The van der Waals surface area contributed by atoms with E-state index in [2.05, 4.69) is 33.1 Å². The molecule has 2 nitrogen and oxygen atoms in total. The molecule has 1 saturated heterocycles. The van der Waals surface area contributed by atoms with Crippen molar-refractivity contribution in [1.29, 1.82) is 0 Å². The quantitative estimate of drug-likeness (QED) is 0.819. The number of anilines is 1. The number of benzene rings is 1. The summed E-state index contributed by atoms with van der Waals surface area (Å²) in [5, 5.41) is 3.13. The molecule has 1 N–H and O–H groups in total. The van der Waals surface area contributed by atoms with Gasteiger partial charge in [-0.25, -0.2) is 8.78 Å². The van der Waals surface area contributed by atoms with Crippen LogP contribution in [-0.2, 0) is 0 Å². The van der Waals surface area contributed by atoms with E-state index in [9.17, 15) is 8.78 Å². The van der Waals surface area contributed by atoms with E-state index < -0.39 is 11.6 Å². The topological polar surface area (TPSA) is 15.3 Å². The van der Waals surface area contributed by atoms with Gasteiger partial charge in [0.15, 0.2) is 0 Å². The van der Waals surface area contributed by atoms with Gasteiger partial charge in [0.2, 0.25) is 0 Å². The van der Waals surface area contributed by atoms with Crippen LogP contribution in [0, 0.1) is 17.6 Å². The summed E-state index contributed by atoms with van der Waals surface area (Å²) in [5.74, 6) is -0.400. The number of piperidine rings is 1. The summed E-state index contributed by atoms with van der Waals surface area (Å²) in [6.45, 7) is 7.41. The number of likely N-dealkylation sites (tertiary alicyclic amines) is 1. The summed E-state index contributed by atoms with van der Waals surface area (Å²) < 4.78 is 27.5. The van der Waals surface area contributed by atoms with Gasteiger partial charge in [-0.15, -0.1) is 0 Å². The molecule has 2 atom stereocenters. The van der Waals surface area contributed by atoms with Crippen molar-refractivity contribution in [2.24, 2.45) is 5.92 Å². The van der Waals surface area contributed by atoms with Gasteiger partial charge in [-0.3, -0.25) is 0 Å². The second-order valence-electron chi connectivity index (χ2n) is 5.47. The van der Waals surface area contributed by atoms with Gasteiger partial charge in [0, 0.05) is 18.7 Å². The molecule has 1 aliphatic rings. The van der Waals surface area contributed by atoms with Gasteiger partial charge in [-0.2, -0.15) is 0 Å². The maximum atomic E-state index is 13.8. The van der Waals surface area contributed by atoms with Crippen LogP contribution in [0.25, 0.3) is 0 Å². The van der Waals surface area contributed by atoms with Crippen LogP contribution in [0.2, 0.25) is 0 Å². The molecule has 0 radical (unpaired) electrons. The van der Waals surface area contributed by atoms with E-state index in [0.29, 0.717) is 5.92 Å². The molecule has 2 rings (SSSR count). The number of nitrogens with zero attached hydrogens (tertiary/aromatic N) is 1. The van der Waals surface area contributed by atoms with Crippen LogP contribution in [0.15, 0.2) is 16.6 Å². The van der Waals surface area contributed by atoms with Crippen molar-refractivity contribution in [2.45, 2.75) is 32.7 Å². The number of nitrogens with one attached hydrogen (secondary N) is 1. The molecule has 1 aliphatic heterocycles. The van der Waals surface area contributed by atoms with Gasteiger partial charge >= 0.3 is 0 Å². The largest absolute Gasteiger partial charge is 0.380 e. The summed E-state index contributed by atoms with van der Waals surface area (Å²) in [7, 11) is 0. The van der Waals surface area contributed by atoms with Crippen LogP contribution >= 0.6 is 15.9 Å². The lowest BCUT2D eigenvalue weighted by atomic mass is 9.91. The van der Waals surface area contributed by atoms with Crippen LogP contribution < -0.4 is 5.32 Å². The SMILES string of the molecule is CCN1CCCC(C(C)Nc2cc(F)c(Br)cc2F)C1. The molecule has 1 aromatic carbocycles. The highest BCUT2D eigenvalue weighted by atomic mass is 79.9. The van der Waals surface area contributed by atoms with Gasteiger partial charge in [0.25, 0.3) is 0 Å². The maximum absolute atomic E-state index is 13.8. The molecule has 0 amide bonds. The Morgan fingerprint density at radius 2 is 2.15 bits per heavy atom. The lowest BCUT2D eigenvalue weighted by Gasteiger charge is -2.35. The minimum absolute atomic E-state index is 0.124. The maximum Gasteiger partial charge on any atom is 0.147 e. The van der Waals surface area contributed by atoms with E-state index in [1.807, 2.05) is 6.92 Å². The van der Waals surface area contributed by atoms with Gasteiger partial charge < -0.3 is 10.2 Å². The molecule has 0 spiro atoms. The van der Waals surface area contributed by atoms with Crippen molar-refractivity contribution in [3.8, 4) is 0 Å². The Balaban J connectivity index is 2.04. The predicted octanol–water partition coefficient (Wildman–Crippen LogP) is 4.26. The van der Waals surface area contributed by atoms with Crippen molar-refractivity contribution >= 4 is 21.6 Å². The number of halogens is 3. The molecule has 0 aliphatic carbocycles. The fourth-order valence-corrected chi connectivity index (χ4v) is 3.10. The minimum Gasteiger partial charge on any atom is -0.380 e. The van der Waals surface area contributed by atoms with E-state index in [0.717, 1.165) is 26.1 Å². The molecular formula is C15H21BrF2N2. The first kappa shape index (κ1) is 15.7. The van der Waals surface area contributed by atoms with E-state index in [1.54, 1.807) is 0 Å². The van der Waals surface area contributed by atoms with Crippen LogP contribution in [-0.4, -0.2) is 30.6 Å². The molecular weight excluding hydrogens is 326 g/mol. The molecule has 20 heavy (non-hydrogen) atoms. The van der Waals surface area contributed by atoms with Gasteiger partial charge in [-0.1, -0.05) is 6.92 Å². The Bertz CT molecular complexity index is 467. The van der Waals surface area contributed by atoms with Crippen molar-refractivity contribution in [3.05, 3.63) is 28.2 Å². The number of hydrogen-bond donors (Lipinski definition) is 1. The molecule has 112 valence electrons. The van der Waals surface area contributed by atoms with Crippen LogP contribution in [0.1, 0.15) is 26.7 Å². The first-order chi connectivity index (χ1) is 9.51. The van der Waals surface area contributed by atoms with Crippen LogP contribution in [0.5, 0.6) is 0 Å². The summed E-state index contributed by atoms with van der Waals surface area (Å²) in [6.07, 6.45) is 2.30. The van der Waals surface area contributed by atoms with E-state index >= 15 is 0 Å². The van der Waals surface area contributed by atoms with E-state index in [-0.39, 0.29) is 16.2 Å². The Labute approximate surface area is 127 Å². The Morgan fingerprint density at radius 3 is 2.85 bits per heavy atom. The van der Waals surface area contributed by atoms with E-state index in [4.69, 9.17) is 0 Å². The molecule has 1 heterocycles. The van der Waals surface area contributed by atoms with Crippen LogP contribution in [0.3, 0.4) is 0 Å². The summed E-state index contributed by atoms with van der Waals surface area (Å²) in [6, 6.07) is 2.51. The lowest BCUT2D eigenvalue weighted by molar-refractivity contribution is 0.172. The summed E-state index contributed by atoms with van der Waals surface area (Å²) in [5.41, 5.74) is 0.242. The Morgan fingerprint density at radius 1 is 1.40 bits per heavy atom. The average molecular weight is 347 g/mol. The first-order valence-corrected chi connectivity index (χ1v) is 7.94. The highest BCUT2D eigenvalue weighted by Crippen LogP contribution is 2.27. The Hall–Kier alpha value is -0.680. The fourth-order valence-electron chi connectivity index (χ4n) is 2.78. The molecule has 0 saturated carbocycles. The highest BCUT2D eigenvalue weighted by molar-refractivity contribution is 9.10. The average Bonchev–Trinajstić information content (AvgIpc) is 2.44. The van der Waals surface area contributed by atoms with Gasteiger partial charge in [0.05, 0.1) is 10.2 Å². The fraction of sp³-hybridized carbons (Fsp3) is 0.600. The third kappa shape index (κ3) is 3.70. The van der Waals surface area contributed by atoms with E-state index in [1.165, 1.54) is 18.6 Å². The third-order valence-corrected chi connectivity index (χ3v) is 4.70. The van der Waals surface area contributed by atoms with Crippen molar-refractivity contribution in [1.82, 2.24) is 4.90 Å². The normalized spacial score (nSPS) is 21.8. The van der Waals surface area contributed by atoms with Crippen molar-refractivity contribution < 1.29 is 8.78 Å². The van der Waals surface area contributed by atoms with Crippen LogP contribution in [0.4, 0.5) is 14.5 Å². The summed E-state index contributed by atoms with van der Waals surface area (Å²) in [4.78, 5) is 2.41. The zero-order chi connectivity index (χ0) is 14.7. The molecule has 0 bridgehead atoms. The third-order valence-electron chi connectivity index (χ3n) is 4.09. The molecule has 2 unspecified atom stereocenters. The minimum atomic E-state index is -0.445. The Kier molecular flexibility index (Phi) is 5.38. The zero-order valence-corrected chi connectivity index (χ0v) is 13.5. The molecule has 5 heteroatoms. The van der Waals surface area contributed by atoms with Crippen molar-refractivity contribution in [2.75, 3.05) is 25.0 Å². The smallest absolute Gasteiger partial charge is 0.147 e. The second kappa shape index (κ2) is 6.85. The molecule has 1 fully saturated rings. The lowest BCUT2D eigenvalue weighted by Crippen LogP contribution is -2.41. The second-order valence-corrected chi connectivity index (χ2v) is 6.33. The highest BCUT2D eigenvalue weighted by Gasteiger charge is 2.24. The number of rotatable bonds is 4. The first-order valence-electron chi connectivity index (χ1n) is 7.14. The monoisotopic (exact) mass is 346 g/mol. The standard InChI is InChI=1S/C15H21BrF2N2/c1-3-20-6-4-5-11(9-20)10(2)19-15-8-13(17)12(16)7-14(15)18/h7-8,10-11,19H,3-6,9H2,1-2H3. The predicted molar refractivity (Wildman–Crippen MR) is 82.0 cm³/mol. The molecule has 0 aromatic heterocycles. The van der Waals surface area contributed by atoms with Crippen molar-refractivity contribution in [3.63, 3.8) is 0 Å². The van der Waals surface area contributed by atoms with Gasteiger partial charge in [0.1, 0.15) is 11.6 Å². The molecule has 1 aromatic rings. The van der Waals surface area contributed by atoms with Gasteiger partial charge in [-0.05, 0) is 60.8 Å². The number of hydrogen-bond acceptors (Lipinski definition) is 2. The zero-order valence-electron chi connectivity index (χ0n) is 11.9. The summed E-state index contributed by atoms with van der Waals surface area (Å²) >= 11 is 2.99.